The Labute approximate surface area is 181 Å². The number of benzene rings is 1. The summed E-state index contributed by atoms with van der Waals surface area (Å²) in [4.78, 5) is 10.8. The summed E-state index contributed by atoms with van der Waals surface area (Å²) in [7, 11) is 0. The topological polar surface area (TPSA) is 26.3 Å². The number of fused-ring (bicyclic) bond motifs is 5. The Morgan fingerprint density at radius 1 is 1.00 bits per heavy atom. The molecule has 158 valence electrons. The Morgan fingerprint density at radius 3 is 2.63 bits per heavy atom. The first-order valence-corrected chi connectivity index (χ1v) is 11.9. The third-order valence-electron chi connectivity index (χ3n) is 9.56. The van der Waals surface area contributed by atoms with Gasteiger partial charge in [0.25, 0.3) is 6.47 Å². The minimum atomic E-state index is 0.152. The minimum absolute atomic E-state index is 0.152. The normalized spacial score (nSPS) is 41.9. The molecule has 0 bridgehead atoms. The largest absolute Gasteiger partial charge is 0.465 e. The molecule has 3 fully saturated rings. The number of ether oxygens (including phenoxy) is 1. The summed E-state index contributed by atoms with van der Waals surface area (Å²) in [5, 5.41) is 0. The van der Waals surface area contributed by atoms with E-state index < -0.39 is 0 Å². The highest BCUT2D eigenvalue weighted by Crippen LogP contribution is 2.66. The molecule has 0 heterocycles. The van der Waals surface area contributed by atoms with Crippen molar-refractivity contribution >= 4 is 6.47 Å². The van der Waals surface area contributed by atoms with E-state index in [2.05, 4.69) is 56.0 Å². The molecule has 0 N–H and O–H groups in total. The number of carbonyl (C=O) groups excluding carboxylic acids is 1. The van der Waals surface area contributed by atoms with Gasteiger partial charge in [0, 0.05) is 16.6 Å². The van der Waals surface area contributed by atoms with Crippen LogP contribution in [0.1, 0.15) is 70.8 Å². The minimum Gasteiger partial charge on any atom is -0.465 e. The standard InChI is InChI=1S/C28H34O2/c1-27-17-15-26-24(12-10-22-18-23(30-19-29)14-16-28(22,26)2)25(27)13-11-21(27)9-8-20-6-4-3-5-7-20/h3-7,11,19,22-26H,10,12-18H2,1-2H3/t22-,23-,24-,25+,26-,27-,28+/m0/s1. The molecule has 0 amide bonds. The third-order valence-corrected chi connectivity index (χ3v) is 9.56. The van der Waals surface area contributed by atoms with Crippen LogP contribution >= 0.6 is 0 Å². The lowest BCUT2D eigenvalue weighted by Gasteiger charge is -2.60. The van der Waals surface area contributed by atoms with E-state index in [4.69, 9.17) is 4.74 Å². The quantitative estimate of drug-likeness (QED) is 0.437. The zero-order valence-electron chi connectivity index (χ0n) is 18.4. The number of rotatable bonds is 2. The molecule has 0 saturated heterocycles. The zero-order chi connectivity index (χ0) is 20.8. The molecule has 0 aromatic heterocycles. The smallest absolute Gasteiger partial charge is 0.293 e. The lowest BCUT2D eigenvalue weighted by molar-refractivity contribution is -0.147. The van der Waals surface area contributed by atoms with Crippen molar-refractivity contribution in [2.45, 2.75) is 71.3 Å². The number of hydrogen-bond acceptors (Lipinski definition) is 2. The predicted octanol–water partition coefficient (Wildman–Crippen LogP) is 6.16. The van der Waals surface area contributed by atoms with Crippen LogP contribution in [0.3, 0.4) is 0 Å². The summed E-state index contributed by atoms with van der Waals surface area (Å²) in [6, 6.07) is 10.4. The molecule has 30 heavy (non-hydrogen) atoms. The van der Waals surface area contributed by atoms with Crippen molar-refractivity contribution in [3.63, 3.8) is 0 Å². The predicted molar refractivity (Wildman–Crippen MR) is 119 cm³/mol. The van der Waals surface area contributed by atoms with Gasteiger partial charge in [0.2, 0.25) is 0 Å². The summed E-state index contributed by atoms with van der Waals surface area (Å²) in [6.07, 6.45) is 12.4. The second-order valence-corrected chi connectivity index (χ2v) is 10.7. The summed E-state index contributed by atoms with van der Waals surface area (Å²) >= 11 is 0. The average molecular weight is 403 g/mol. The molecule has 0 unspecified atom stereocenters. The van der Waals surface area contributed by atoms with Crippen LogP contribution in [0.2, 0.25) is 0 Å². The van der Waals surface area contributed by atoms with Gasteiger partial charge in [0.1, 0.15) is 6.10 Å². The van der Waals surface area contributed by atoms with Gasteiger partial charge in [-0.25, -0.2) is 0 Å². The molecule has 4 aliphatic rings. The molecule has 7 atom stereocenters. The fraction of sp³-hybridized carbons (Fsp3) is 0.607. The van der Waals surface area contributed by atoms with Gasteiger partial charge in [-0.1, -0.05) is 50.0 Å². The molecular weight excluding hydrogens is 368 g/mol. The Bertz CT molecular complexity index is 890. The van der Waals surface area contributed by atoms with Gasteiger partial charge in [0.15, 0.2) is 0 Å². The maximum atomic E-state index is 10.8. The molecule has 0 spiro atoms. The highest BCUT2D eigenvalue weighted by atomic mass is 16.5. The Hall–Kier alpha value is -2.01. The van der Waals surface area contributed by atoms with E-state index in [0.29, 0.717) is 17.8 Å². The molecular formula is C28H34O2. The second-order valence-electron chi connectivity index (χ2n) is 10.7. The van der Waals surface area contributed by atoms with Crippen molar-refractivity contribution in [1.29, 1.82) is 0 Å². The van der Waals surface area contributed by atoms with E-state index in [-0.39, 0.29) is 11.5 Å². The lowest BCUT2D eigenvalue weighted by atomic mass is 9.44. The van der Waals surface area contributed by atoms with Crippen molar-refractivity contribution in [1.82, 2.24) is 0 Å². The molecule has 0 aliphatic heterocycles. The fourth-order valence-electron chi connectivity index (χ4n) is 7.84. The summed E-state index contributed by atoms with van der Waals surface area (Å²) in [5.41, 5.74) is 3.18. The number of allylic oxidation sites excluding steroid dienone is 2. The first-order chi connectivity index (χ1) is 14.5. The van der Waals surface area contributed by atoms with Crippen LogP contribution in [0.4, 0.5) is 0 Å². The van der Waals surface area contributed by atoms with Crippen LogP contribution in [-0.2, 0) is 9.53 Å². The highest BCUT2D eigenvalue weighted by Gasteiger charge is 2.58. The highest BCUT2D eigenvalue weighted by molar-refractivity contribution is 5.45. The van der Waals surface area contributed by atoms with Gasteiger partial charge in [-0.2, -0.15) is 0 Å². The van der Waals surface area contributed by atoms with Crippen molar-refractivity contribution in [3.8, 4) is 11.8 Å². The number of carbonyl (C=O) groups is 1. The summed E-state index contributed by atoms with van der Waals surface area (Å²) in [6.45, 7) is 5.72. The van der Waals surface area contributed by atoms with E-state index in [1.165, 1.54) is 44.1 Å². The third kappa shape index (κ3) is 3.13. The van der Waals surface area contributed by atoms with Crippen LogP contribution in [0.5, 0.6) is 0 Å². The Morgan fingerprint density at radius 2 is 1.83 bits per heavy atom. The molecule has 5 rings (SSSR count). The average Bonchev–Trinajstić information content (AvgIpc) is 3.10. The maximum Gasteiger partial charge on any atom is 0.293 e. The van der Waals surface area contributed by atoms with E-state index in [9.17, 15) is 4.79 Å². The van der Waals surface area contributed by atoms with Gasteiger partial charge in [-0.3, -0.25) is 4.79 Å². The van der Waals surface area contributed by atoms with Crippen LogP contribution in [0.15, 0.2) is 42.0 Å². The second kappa shape index (κ2) is 7.60. The fourth-order valence-corrected chi connectivity index (χ4v) is 7.84. The van der Waals surface area contributed by atoms with Gasteiger partial charge < -0.3 is 4.74 Å². The van der Waals surface area contributed by atoms with E-state index in [0.717, 1.165) is 36.2 Å². The molecule has 2 heteroatoms. The van der Waals surface area contributed by atoms with Crippen molar-refractivity contribution in [2.75, 3.05) is 0 Å². The van der Waals surface area contributed by atoms with Crippen LogP contribution in [0.25, 0.3) is 0 Å². The molecule has 2 nitrogen and oxygen atoms in total. The van der Waals surface area contributed by atoms with Gasteiger partial charge in [-0.05, 0) is 92.6 Å². The molecule has 1 aromatic carbocycles. The van der Waals surface area contributed by atoms with Gasteiger partial charge >= 0.3 is 0 Å². The van der Waals surface area contributed by atoms with Crippen LogP contribution in [-0.4, -0.2) is 12.6 Å². The van der Waals surface area contributed by atoms with Crippen molar-refractivity contribution < 1.29 is 9.53 Å². The first-order valence-electron chi connectivity index (χ1n) is 11.9. The summed E-state index contributed by atoms with van der Waals surface area (Å²) in [5.74, 6) is 10.1. The van der Waals surface area contributed by atoms with Crippen molar-refractivity contribution in [3.05, 3.63) is 47.5 Å². The van der Waals surface area contributed by atoms with Crippen LogP contribution in [0, 0.1) is 46.3 Å². The maximum absolute atomic E-state index is 10.8. The molecule has 3 saturated carbocycles. The van der Waals surface area contributed by atoms with Gasteiger partial charge in [0.05, 0.1) is 0 Å². The van der Waals surface area contributed by atoms with Gasteiger partial charge in [-0.15, -0.1) is 0 Å². The first kappa shape index (κ1) is 19.9. The van der Waals surface area contributed by atoms with Crippen LogP contribution < -0.4 is 0 Å². The molecule has 4 aliphatic carbocycles. The van der Waals surface area contributed by atoms with Crippen molar-refractivity contribution in [2.24, 2.45) is 34.5 Å². The molecule has 0 radical (unpaired) electrons. The van der Waals surface area contributed by atoms with E-state index in [1.54, 1.807) is 0 Å². The lowest BCUT2D eigenvalue weighted by Crippen LogP contribution is -2.53. The summed E-state index contributed by atoms with van der Waals surface area (Å²) < 4.78 is 5.37. The van der Waals surface area contributed by atoms with E-state index in [1.807, 2.05) is 6.07 Å². The van der Waals surface area contributed by atoms with E-state index >= 15 is 0 Å². The zero-order valence-corrected chi connectivity index (χ0v) is 18.4. The SMILES string of the molecule is C[C@@]12CC[C@H](OC=O)C[C@@H]1CC[C@H]1[C@H]3CC=C(C#Cc4ccccc4)[C@]3(C)CC[C@@H]12. The molecule has 1 aromatic rings. The Kier molecular flexibility index (Phi) is 5.04. The monoisotopic (exact) mass is 402 g/mol. The number of hydrogen-bond donors (Lipinski definition) is 0. The Balaban J connectivity index is 1.35.